The van der Waals surface area contributed by atoms with E-state index in [-0.39, 0.29) is 55.0 Å². The number of nitrogen functional groups attached to an aromatic ring is 1. The lowest BCUT2D eigenvalue weighted by molar-refractivity contribution is -0.119. The molecule has 0 unspecified atom stereocenters. The number of benzene rings is 3. The van der Waals surface area contributed by atoms with Crippen molar-refractivity contribution < 1.29 is 23.9 Å². The minimum atomic E-state index is -0.920. The van der Waals surface area contributed by atoms with Crippen molar-refractivity contribution in [3.8, 4) is 0 Å². The first kappa shape index (κ1) is 21.5. The summed E-state index contributed by atoms with van der Waals surface area (Å²) in [5, 5.41) is 2.89. The molecule has 7 nitrogen and oxygen atoms in total. The van der Waals surface area contributed by atoms with Gasteiger partial charge >= 0.3 is 5.97 Å². The molecule has 0 heterocycles. The molecule has 3 N–H and O–H groups in total. The average Bonchev–Trinajstić information content (AvgIpc) is 2.78. The van der Waals surface area contributed by atoms with Crippen LogP contribution in [0.3, 0.4) is 0 Å². The molecular weight excluding hydrogens is 455 g/mol. The van der Waals surface area contributed by atoms with Gasteiger partial charge in [0, 0.05) is 16.7 Å². The van der Waals surface area contributed by atoms with Crippen molar-refractivity contribution in [2.45, 2.75) is 0 Å². The Balaban J connectivity index is 1.53. The number of ketones is 2. The quantitative estimate of drug-likeness (QED) is 0.343. The van der Waals surface area contributed by atoms with Crippen molar-refractivity contribution >= 4 is 58.0 Å². The molecule has 4 rings (SSSR count). The number of rotatable bonds is 4. The van der Waals surface area contributed by atoms with E-state index in [0.717, 1.165) is 0 Å². The summed E-state index contributed by atoms with van der Waals surface area (Å²) in [7, 11) is 0. The summed E-state index contributed by atoms with van der Waals surface area (Å²) in [5.74, 6) is -2.40. The number of hydrogen-bond acceptors (Lipinski definition) is 6. The Bertz CT molecular complexity index is 1320. The summed E-state index contributed by atoms with van der Waals surface area (Å²) in [6.45, 7) is -0.631. The molecule has 32 heavy (non-hydrogen) atoms. The van der Waals surface area contributed by atoms with Gasteiger partial charge in [-0.3, -0.25) is 14.4 Å². The Morgan fingerprint density at radius 3 is 2.28 bits per heavy atom. The van der Waals surface area contributed by atoms with Crippen LogP contribution in [-0.4, -0.2) is 30.0 Å². The summed E-state index contributed by atoms with van der Waals surface area (Å²) in [6, 6.07) is 13.7. The van der Waals surface area contributed by atoms with E-state index in [1.807, 2.05) is 0 Å². The van der Waals surface area contributed by atoms with Gasteiger partial charge in [-0.15, -0.1) is 0 Å². The van der Waals surface area contributed by atoms with Crippen LogP contribution in [0.15, 0.2) is 54.6 Å². The zero-order chi connectivity index (χ0) is 23.0. The van der Waals surface area contributed by atoms with E-state index in [9.17, 15) is 19.2 Å². The van der Waals surface area contributed by atoms with Gasteiger partial charge in [0.1, 0.15) is 0 Å². The first-order chi connectivity index (χ1) is 15.3. The molecule has 0 saturated heterocycles. The molecule has 1 aliphatic carbocycles. The van der Waals surface area contributed by atoms with Gasteiger partial charge in [0.05, 0.1) is 32.5 Å². The predicted molar refractivity (Wildman–Crippen MR) is 120 cm³/mol. The van der Waals surface area contributed by atoms with E-state index in [1.165, 1.54) is 24.3 Å². The van der Waals surface area contributed by atoms with Crippen molar-refractivity contribution in [2.75, 3.05) is 17.7 Å². The van der Waals surface area contributed by atoms with Crippen molar-refractivity contribution in [3.63, 3.8) is 0 Å². The highest BCUT2D eigenvalue weighted by atomic mass is 35.5. The molecule has 0 spiro atoms. The molecule has 3 aromatic carbocycles. The summed E-state index contributed by atoms with van der Waals surface area (Å²) in [6.07, 6.45) is 0. The summed E-state index contributed by atoms with van der Waals surface area (Å²) < 4.78 is 5.03. The minimum Gasteiger partial charge on any atom is -0.452 e. The SMILES string of the molecule is Nc1c(C(=O)OCC(=O)Nc2cccc(Cl)c2Cl)ccc2c1C(=O)c1ccccc1C2=O. The number of hydrogen-bond donors (Lipinski definition) is 2. The number of carbonyl (C=O) groups excluding carboxylic acids is 4. The number of amides is 1. The number of anilines is 2. The number of fused-ring (bicyclic) bond motifs is 2. The first-order valence-electron chi connectivity index (χ1n) is 9.31. The van der Waals surface area contributed by atoms with Crippen molar-refractivity contribution in [1.82, 2.24) is 0 Å². The normalized spacial score (nSPS) is 12.1. The molecule has 160 valence electrons. The number of esters is 1. The Hall–Kier alpha value is -3.68. The number of nitrogens with two attached hydrogens (primary N) is 1. The van der Waals surface area contributed by atoms with Crippen LogP contribution in [0.4, 0.5) is 11.4 Å². The third kappa shape index (κ3) is 3.72. The lowest BCUT2D eigenvalue weighted by Gasteiger charge is -2.20. The molecule has 0 atom stereocenters. The average molecular weight is 469 g/mol. The van der Waals surface area contributed by atoms with E-state index < -0.39 is 24.3 Å². The number of halogens is 2. The standard InChI is InChI=1S/C23H14Cl2N2O5/c24-15-6-3-7-16(19(15)25)27-17(28)10-32-23(31)14-9-8-13-18(20(14)26)22(30)12-5-2-1-4-11(12)21(13)29/h1-9H,10,26H2,(H,27,28). The Kier molecular flexibility index (Phi) is 5.69. The van der Waals surface area contributed by atoms with E-state index >= 15 is 0 Å². The molecule has 0 bridgehead atoms. The fraction of sp³-hybridized carbons (Fsp3) is 0.0435. The maximum absolute atomic E-state index is 12.9. The molecule has 0 saturated carbocycles. The van der Waals surface area contributed by atoms with Crippen LogP contribution in [0.25, 0.3) is 0 Å². The van der Waals surface area contributed by atoms with Gasteiger partial charge in [0.25, 0.3) is 5.91 Å². The van der Waals surface area contributed by atoms with Gasteiger partial charge < -0.3 is 15.8 Å². The predicted octanol–water partition coefficient (Wildman–Crippen LogP) is 4.15. The van der Waals surface area contributed by atoms with Crippen molar-refractivity contribution in [2.24, 2.45) is 0 Å². The molecule has 9 heteroatoms. The van der Waals surface area contributed by atoms with Crippen LogP contribution >= 0.6 is 23.2 Å². The lowest BCUT2D eigenvalue weighted by Crippen LogP contribution is -2.25. The minimum absolute atomic E-state index is 0.0571. The first-order valence-corrected chi connectivity index (χ1v) is 10.1. The molecule has 3 aromatic rings. The van der Waals surface area contributed by atoms with Crippen LogP contribution in [0.5, 0.6) is 0 Å². The van der Waals surface area contributed by atoms with Crippen LogP contribution in [0, 0.1) is 0 Å². The molecule has 1 amide bonds. The summed E-state index contributed by atoms with van der Waals surface area (Å²) >= 11 is 11.9. The highest BCUT2D eigenvalue weighted by molar-refractivity contribution is 6.44. The topological polar surface area (TPSA) is 116 Å². The molecular formula is C23H14Cl2N2O5. The monoisotopic (exact) mass is 468 g/mol. The largest absolute Gasteiger partial charge is 0.452 e. The maximum Gasteiger partial charge on any atom is 0.340 e. The second-order valence-corrected chi connectivity index (χ2v) is 7.66. The summed E-state index contributed by atoms with van der Waals surface area (Å²) in [5.41, 5.74) is 6.56. The van der Waals surface area contributed by atoms with Gasteiger partial charge in [-0.1, -0.05) is 53.5 Å². The summed E-state index contributed by atoms with van der Waals surface area (Å²) in [4.78, 5) is 50.3. The van der Waals surface area contributed by atoms with Gasteiger partial charge in [0.2, 0.25) is 0 Å². The smallest absolute Gasteiger partial charge is 0.340 e. The molecule has 0 radical (unpaired) electrons. The van der Waals surface area contributed by atoms with Gasteiger partial charge in [-0.2, -0.15) is 0 Å². The van der Waals surface area contributed by atoms with Crippen LogP contribution in [-0.2, 0) is 9.53 Å². The third-order valence-corrected chi connectivity index (χ3v) is 5.73. The Labute approximate surface area is 192 Å². The van der Waals surface area contributed by atoms with Crippen LogP contribution in [0.2, 0.25) is 10.0 Å². The highest BCUT2D eigenvalue weighted by Crippen LogP contribution is 2.33. The highest BCUT2D eigenvalue weighted by Gasteiger charge is 2.33. The van der Waals surface area contributed by atoms with E-state index in [1.54, 1.807) is 30.3 Å². The van der Waals surface area contributed by atoms with Crippen LogP contribution in [0.1, 0.15) is 42.2 Å². The lowest BCUT2D eigenvalue weighted by atomic mass is 9.82. The van der Waals surface area contributed by atoms with E-state index in [2.05, 4.69) is 5.32 Å². The fourth-order valence-electron chi connectivity index (χ4n) is 3.39. The third-order valence-electron chi connectivity index (χ3n) is 4.91. The van der Waals surface area contributed by atoms with Crippen molar-refractivity contribution in [3.05, 3.63) is 92.5 Å². The van der Waals surface area contributed by atoms with E-state index in [0.29, 0.717) is 0 Å². The molecule has 0 fully saturated rings. The van der Waals surface area contributed by atoms with Gasteiger partial charge in [-0.25, -0.2) is 4.79 Å². The number of nitrogens with one attached hydrogen (secondary N) is 1. The zero-order valence-corrected chi connectivity index (χ0v) is 17.8. The number of ether oxygens (including phenoxy) is 1. The maximum atomic E-state index is 12.9. The molecule has 0 aliphatic heterocycles. The Morgan fingerprint density at radius 1 is 0.875 bits per heavy atom. The van der Waals surface area contributed by atoms with Gasteiger partial charge in [0.15, 0.2) is 18.2 Å². The zero-order valence-electron chi connectivity index (χ0n) is 16.3. The molecule has 1 aliphatic rings. The second-order valence-electron chi connectivity index (χ2n) is 6.88. The Morgan fingerprint density at radius 2 is 1.56 bits per heavy atom. The fourth-order valence-corrected chi connectivity index (χ4v) is 3.73. The van der Waals surface area contributed by atoms with Crippen molar-refractivity contribution in [1.29, 1.82) is 0 Å². The molecule has 0 aromatic heterocycles. The van der Waals surface area contributed by atoms with Crippen LogP contribution < -0.4 is 11.1 Å². The van der Waals surface area contributed by atoms with E-state index in [4.69, 9.17) is 33.7 Å². The number of carbonyl (C=O) groups is 4. The van der Waals surface area contributed by atoms with Gasteiger partial charge in [-0.05, 0) is 24.3 Å². The second kappa shape index (κ2) is 8.45.